The van der Waals surface area contributed by atoms with E-state index in [1.807, 2.05) is 6.92 Å². The molecule has 1 aromatic heterocycles. The molecule has 3 atom stereocenters. The number of aliphatic carboxylic acids is 1. The van der Waals surface area contributed by atoms with E-state index in [0.29, 0.717) is 11.8 Å². The molecule has 0 bridgehead atoms. The first-order chi connectivity index (χ1) is 15.0. The van der Waals surface area contributed by atoms with Gasteiger partial charge < -0.3 is 15.2 Å². The van der Waals surface area contributed by atoms with Crippen molar-refractivity contribution in [1.82, 2.24) is 9.97 Å². The molecule has 1 saturated heterocycles. The Balaban J connectivity index is 1.87. The molecule has 168 valence electrons. The number of aryl methyl sites for hydroxylation is 1. The number of carboxylic acid groups (broad SMARTS) is 1. The van der Waals surface area contributed by atoms with Gasteiger partial charge in [-0.3, -0.25) is 4.79 Å². The molecule has 1 aliphatic heterocycles. The van der Waals surface area contributed by atoms with Gasteiger partial charge in [0.1, 0.15) is 5.82 Å². The van der Waals surface area contributed by atoms with Gasteiger partial charge in [0.05, 0.1) is 24.5 Å². The zero-order chi connectivity index (χ0) is 22.2. The highest BCUT2D eigenvalue weighted by molar-refractivity contribution is 5.68. The minimum atomic E-state index is -0.815. The number of hydrogen-bond donors (Lipinski definition) is 2. The van der Waals surface area contributed by atoms with Gasteiger partial charge in [-0.05, 0) is 42.2 Å². The highest BCUT2D eigenvalue weighted by Crippen LogP contribution is 2.39. The van der Waals surface area contributed by atoms with Crippen molar-refractivity contribution >= 4 is 11.7 Å². The zero-order valence-electron chi connectivity index (χ0n) is 18.9. The average Bonchev–Trinajstić information content (AvgIpc) is 2.80. The maximum absolute atomic E-state index is 11.7. The highest BCUT2D eigenvalue weighted by atomic mass is 16.5. The lowest BCUT2D eigenvalue weighted by atomic mass is 9.75. The number of rotatable bonds is 10. The SMILES string of the molecule is CCc1ncc(NC(CC(=O)O)C(C)c2ccccc2[C@@H](CC)C2CCOCC2)cn1. The van der Waals surface area contributed by atoms with E-state index in [-0.39, 0.29) is 18.4 Å². The molecule has 2 aromatic rings. The van der Waals surface area contributed by atoms with Crippen LogP contribution in [0.15, 0.2) is 36.7 Å². The molecule has 3 rings (SSSR count). The molecular weight excluding hydrogens is 390 g/mol. The first kappa shape index (κ1) is 23.2. The van der Waals surface area contributed by atoms with Crippen LogP contribution in [0.2, 0.25) is 0 Å². The van der Waals surface area contributed by atoms with Gasteiger partial charge in [0, 0.05) is 31.6 Å². The van der Waals surface area contributed by atoms with E-state index in [1.54, 1.807) is 12.4 Å². The molecule has 2 heterocycles. The summed E-state index contributed by atoms with van der Waals surface area (Å²) in [6.07, 6.45) is 7.52. The summed E-state index contributed by atoms with van der Waals surface area (Å²) in [6, 6.07) is 8.29. The lowest BCUT2D eigenvalue weighted by Crippen LogP contribution is -2.30. The Bertz CT molecular complexity index is 834. The second-order valence-corrected chi connectivity index (χ2v) is 8.47. The Morgan fingerprint density at radius 3 is 2.39 bits per heavy atom. The molecule has 0 spiro atoms. The van der Waals surface area contributed by atoms with Crippen molar-refractivity contribution in [1.29, 1.82) is 0 Å². The van der Waals surface area contributed by atoms with Gasteiger partial charge in [-0.1, -0.05) is 45.0 Å². The molecule has 0 saturated carbocycles. The molecule has 2 N–H and O–H groups in total. The summed E-state index contributed by atoms with van der Waals surface area (Å²) in [5.74, 6) is 1.05. The quantitative estimate of drug-likeness (QED) is 0.556. The normalized spacial score (nSPS) is 17.6. The molecule has 6 nitrogen and oxygen atoms in total. The maximum Gasteiger partial charge on any atom is 0.305 e. The number of benzene rings is 1. The average molecular weight is 426 g/mol. The lowest BCUT2D eigenvalue weighted by molar-refractivity contribution is -0.137. The molecule has 1 aliphatic rings. The fourth-order valence-corrected chi connectivity index (χ4v) is 4.77. The molecule has 0 aliphatic carbocycles. The van der Waals surface area contributed by atoms with Gasteiger partial charge >= 0.3 is 5.97 Å². The van der Waals surface area contributed by atoms with Crippen molar-refractivity contribution in [3.63, 3.8) is 0 Å². The van der Waals surface area contributed by atoms with Crippen molar-refractivity contribution in [3.05, 3.63) is 53.6 Å². The smallest absolute Gasteiger partial charge is 0.305 e. The predicted molar refractivity (Wildman–Crippen MR) is 123 cm³/mol. The van der Waals surface area contributed by atoms with Crippen molar-refractivity contribution in [3.8, 4) is 0 Å². The summed E-state index contributed by atoms with van der Waals surface area (Å²) in [5, 5.41) is 13.0. The third-order valence-electron chi connectivity index (χ3n) is 6.53. The van der Waals surface area contributed by atoms with E-state index in [4.69, 9.17) is 4.74 Å². The Kier molecular flexibility index (Phi) is 8.41. The molecule has 31 heavy (non-hydrogen) atoms. The number of hydrogen-bond acceptors (Lipinski definition) is 5. The van der Waals surface area contributed by atoms with Gasteiger partial charge in [0.25, 0.3) is 0 Å². The van der Waals surface area contributed by atoms with Crippen LogP contribution in [0.25, 0.3) is 0 Å². The van der Waals surface area contributed by atoms with E-state index in [0.717, 1.165) is 50.4 Å². The molecule has 0 amide bonds. The van der Waals surface area contributed by atoms with Crippen LogP contribution in [0.3, 0.4) is 0 Å². The van der Waals surface area contributed by atoms with Crippen molar-refractivity contribution in [2.24, 2.45) is 5.92 Å². The van der Waals surface area contributed by atoms with Gasteiger partial charge in [0.2, 0.25) is 0 Å². The van der Waals surface area contributed by atoms with Gasteiger partial charge in [-0.15, -0.1) is 0 Å². The van der Waals surface area contributed by atoms with Crippen LogP contribution >= 0.6 is 0 Å². The number of nitrogens with zero attached hydrogens (tertiary/aromatic N) is 2. The lowest BCUT2D eigenvalue weighted by Gasteiger charge is -2.34. The van der Waals surface area contributed by atoms with E-state index in [1.165, 1.54) is 11.1 Å². The first-order valence-corrected chi connectivity index (χ1v) is 11.5. The Morgan fingerprint density at radius 1 is 1.16 bits per heavy atom. The third-order valence-corrected chi connectivity index (χ3v) is 6.53. The molecule has 6 heteroatoms. The molecular formula is C25H35N3O3. The largest absolute Gasteiger partial charge is 0.481 e. The fraction of sp³-hybridized carbons (Fsp3) is 0.560. The van der Waals surface area contributed by atoms with Crippen LogP contribution in [0.1, 0.15) is 75.2 Å². The van der Waals surface area contributed by atoms with Gasteiger partial charge in [0.15, 0.2) is 0 Å². The number of aromatic nitrogens is 2. The summed E-state index contributed by atoms with van der Waals surface area (Å²) in [7, 11) is 0. The number of anilines is 1. The van der Waals surface area contributed by atoms with Crippen LogP contribution in [-0.4, -0.2) is 40.3 Å². The minimum absolute atomic E-state index is 0.0204. The summed E-state index contributed by atoms with van der Waals surface area (Å²) in [4.78, 5) is 20.4. The van der Waals surface area contributed by atoms with E-state index < -0.39 is 5.97 Å². The Hall–Kier alpha value is -2.47. The van der Waals surface area contributed by atoms with Crippen molar-refractivity contribution in [2.75, 3.05) is 18.5 Å². The van der Waals surface area contributed by atoms with E-state index in [9.17, 15) is 9.90 Å². The topological polar surface area (TPSA) is 84.3 Å². The minimum Gasteiger partial charge on any atom is -0.481 e. The van der Waals surface area contributed by atoms with Crippen LogP contribution in [-0.2, 0) is 16.0 Å². The summed E-state index contributed by atoms with van der Waals surface area (Å²) in [5.41, 5.74) is 3.33. The van der Waals surface area contributed by atoms with Gasteiger partial charge in [-0.25, -0.2) is 9.97 Å². The number of carbonyl (C=O) groups is 1. The van der Waals surface area contributed by atoms with Crippen LogP contribution in [0.5, 0.6) is 0 Å². The molecule has 2 unspecified atom stereocenters. The predicted octanol–water partition coefficient (Wildman–Crippen LogP) is 5.02. The maximum atomic E-state index is 11.7. The molecule has 1 aromatic carbocycles. The van der Waals surface area contributed by atoms with Crippen molar-refractivity contribution < 1.29 is 14.6 Å². The van der Waals surface area contributed by atoms with Crippen LogP contribution in [0, 0.1) is 5.92 Å². The fourth-order valence-electron chi connectivity index (χ4n) is 4.77. The van der Waals surface area contributed by atoms with E-state index >= 15 is 0 Å². The van der Waals surface area contributed by atoms with Crippen LogP contribution < -0.4 is 5.32 Å². The monoisotopic (exact) mass is 425 g/mol. The summed E-state index contributed by atoms with van der Waals surface area (Å²) in [6.45, 7) is 8.04. The van der Waals surface area contributed by atoms with E-state index in [2.05, 4.69) is 53.4 Å². The summed E-state index contributed by atoms with van der Waals surface area (Å²) >= 11 is 0. The van der Waals surface area contributed by atoms with Gasteiger partial charge in [-0.2, -0.15) is 0 Å². The standard InChI is InChI=1S/C25H35N3O3/c1-4-20(18-10-12-31-13-11-18)22-9-7-6-8-21(22)17(3)23(14-25(29)30)28-19-15-26-24(5-2)27-16-19/h6-9,15-18,20,23,28H,4-5,10-14H2,1-3H3,(H,29,30)/t17?,20-,23?/m0/s1. The summed E-state index contributed by atoms with van der Waals surface area (Å²) < 4.78 is 5.59. The Labute approximate surface area is 185 Å². The number of nitrogens with one attached hydrogen (secondary N) is 1. The molecule has 1 fully saturated rings. The first-order valence-electron chi connectivity index (χ1n) is 11.5. The second-order valence-electron chi connectivity index (χ2n) is 8.47. The zero-order valence-corrected chi connectivity index (χ0v) is 18.9. The van der Waals surface area contributed by atoms with Crippen molar-refractivity contribution in [2.45, 2.75) is 70.8 Å². The number of ether oxygens (including phenoxy) is 1. The van der Waals surface area contributed by atoms with Crippen LogP contribution in [0.4, 0.5) is 5.69 Å². The third kappa shape index (κ3) is 6.03. The highest BCUT2D eigenvalue weighted by Gasteiger charge is 2.29. The number of carboxylic acids is 1. The molecule has 0 radical (unpaired) electrons. The second kappa shape index (κ2) is 11.2. The Morgan fingerprint density at radius 2 is 1.81 bits per heavy atom.